The van der Waals surface area contributed by atoms with Gasteiger partial charge in [0.1, 0.15) is 0 Å². The van der Waals surface area contributed by atoms with Crippen molar-refractivity contribution >= 4 is 5.69 Å². The van der Waals surface area contributed by atoms with E-state index < -0.39 is 0 Å². The molecule has 0 spiro atoms. The summed E-state index contributed by atoms with van der Waals surface area (Å²) >= 11 is 0. The SMILES string of the molecule is N#Cc1ccc(Cn2ncc(N3CCCC3)cc2=O)cc1. The highest BCUT2D eigenvalue weighted by molar-refractivity contribution is 5.43. The maximum absolute atomic E-state index is 12.1. The zero-order valence-electron chi connectivity index (χ0n) is 11.7. The van der Waals surface area contributed by atoms with E-state index in [-0.39, 0.29) is 5.56 Å². The number of hydrogen-bond donors (Lipinski definition) is 0. The molecule has 5 nitrogen and oxygen atoms in total. The number of rotatable bonds is 3. The van der Waals surface area contributed by atoms with Gasteiger partial charge in [-0.15, -0.1) is 0 Å². The largest absolute Gasteiger partial charge is 0.370 e. The lowest BCUT2D eigenvalue weighted by Gasteiger charge is -2.17. The Morgan fingerprint density at radius 1 is 1.19 bits per heavy atom. The lowest BCUT2D eigenvalue weighted by atomic mass is 10.1. The van der Waals surface area contributed by atoms with Crippen LogP contribution in [0.3, 0.4) is 0 Å². The summed E-state index contributed by atoms with van der Waals surface area (Å²) in [7, 11) is 0. The molecule has 1 aliphatic rings. The molecule has 0 aliphatic carbocycles. The van der Waals surface area contributed by atoms with Crippen LogP contribution in [0.5, 0.6) is 0 Å². The van der Waals surface area contributed by atoms with Crippen LogP contribution in [0.2, 0.25) is 0 Å². The second-order valence-corrected chi connectivity index (χ2v) is 5.21. The van der Waals surface area contributed by atoms with E-state index in [1.54, 1.807) is 24.4 Å². The predicted octanol–water partition coefficient (Wildman–Crippen LogP) is 1.76. The van der Waals surface area contributed by atoms with Gasteiger partial charge in [0.25, 0.3) is 5.56 Å². The first-order chi connectivity index (χ1) is 10.3. The van der Waals surface area contributed by atoms with Gasteiger partial charge < -0.3 is 4.90 Å². The van der Waals surface area contributed by atoms with Crippen LogP contribution in [0, 0.1) is 11.3 Å². The minimum Gasteiger partial charge on any atom is -0.370 e. The fourth-order valence-corrected chi connectivity index (χ4v) is 2.55. The van der Waals surface area contributed by atoms with E-state index in [0.29, 0.717) is 12.1 Å². The highest BCUT2D eigenvalue weighted by Crippen LogP contribution is 2.16. The summed E-state index contributed by atoms with van der Waals surface area (Å²) in [6.07, 6.45) is 4.11. The third kappa shape index (κ3) is 2.95. The van der Waals surface area contributed by atoms with Crippen molar-refractivity contribution in [1.29, 1.82) is 5.26 Å². The van der Waals surface area contributed by atoms with Gasteiger partial charge in [-0.1, -0.05) is 12.1 Å². The first kappa shape index (κ1) is 13.4. The Bertz CT molecular complexity index is 721. The van der Waals surface area contributed by atoms with E-state index in [1.807, 2.05) is 12.1 Å². The van der Waals surface area contributed by atoms with Crippen molar-refractivity contribution < 1.29 is 0 Å². The second kappa shape index (κ2) is 5.80. The molecule has 1 fully saturated rings. The number of anilines is 1. The average molecular weight is 280 g/mol. The molecule has 2 aromatic rings. The average Bonchev–Trinajstić information content (AvgIpc) is 3.04. The number of nitrogens with zero attached hydrogens (tertiary/aromatic N) is 4. The van der Waals surface area contributed by atoms with E-state index in [2.05, 4.69) is 16.1 Å². The van der Waals surface area contributed by atoms with Crippen molar-refractivity contribution in [2.75, 3.05) is 18.0 Å². The molecule has 5 heteroatoms. The van der Waals surface area contributed by atoms with E-state index in [4.69, 9.17) is 5.26 Å². The fourth-order valence-electron chi connectivity index (χ4n) is 2.55. The van der Waals surface area contributed by atoms with Crippen LogP contribution in [-0.2, 0) is 6.54 Å². The molecular weight excluding hydrogens is 264 g/mol. The summed E-state index contributed by atoms with van der Waals surface area (Å²) in [5.41, 5.74) is 2.39. The predicted molar refractivity (Wildman–Crippen MR) is 80.2 cm³/mol. The molecule has 0 unspecified atom stereocenters. The summed E-state index contributed by atoms with van der Waals surface area (Å²) < 4.78 is 1.45. The van der Waals surface area contributed by atoms with Crippen LogP contribution in [0.25, 0.3) is 0 Å². The van der Waals surface area contributed by atoms with Crippen LogP contribution in [0.15, 0.2) is 41.3 Å². The number of hydrogen-bond acceptors (Lipinski definition) is 4. The van der Waals surface area contributed by atoms with E-state index >= 15 is 0 Å². The summed E-state index contributed by atoms with van der Waals surface area (Å²) in [6.45, 7) is 2.42. The van der Waals surface area contributed by atoms with Crippen molar-refractivity contribution in [3.63, 3.8) is 0 Å². The Labute approximate surface area is 123 Å². The van der Waals surface area contributed by atoms with Crippen LogP contribution in [0.1, 0.15) is 24.0 Å². The topological polar surface area (TPSA) is 61.9 Å². The number of nitriles is 1. The normalized spacial score (nSPS) is 14.1. The Morgan fingerprint density at radius 3 is 2.52 bits per heavy atom. The first-order valence-electron chi connectivity index (χ1n) is 7.07. The smallest absolute Gasteiger partial charge is 0.269 e. The van der Waals surface area contributed by atoms with Crippen molar-refractivity contribution in [3.05, 3.63) is 58.0 Å². The van der Waals surface area contributed by atoms with Crippen molar-refractivity contribution in [2.45, 2.75) is 19.4 Å². The third-order valence-electron chi connectivity index (χ3n) is 3.74. The summed E-state index contributed by atoms with van der Waals surface area (Å²) in [5, 5.41) is 13.0. The summed E-state index contributed by atoms with van der Waals surface area (Å²) in [4.78, 5) is 14.3. The van der Waals surface area contributed by atoms with E-state index in [0.717, 1.165) is 24.3 Å². The minimum absolute atomic E-state index is 0.0937. The maximum atomic E-state index is 12.1. The van der Waals surface area contributed by atoms with Crippen LogP contribution in [0.4, 0.5) is 5.69 Å². The van der Waals surface area contributed by atoms with Gasteiger partial charge in [-0.3, -0.25) is 4.79 Å². The van der Waals surface area contributed by atoms with Crippen LogP contribution >= 0.6 is 0 Å². The maximum Gasteiger partial charge on any atom is 0.269 e. The highest BCUT2D eigenvalue weighted by atomic mass is 16.1. The van der Waals surface area contributed by atoms with Gasteiger partial charge in [0.05, 0.1) is 30.1 Å². The summed E-state index contributed by atoms with van der Waals surface area (Å²) in [5.74, 6) is 0. The lowest BCUT2D eigenvalue weighted by Crippen LogP contribution is -2.26. The molecule has 1 saturated heterocycles. The molecule has 1 aromatic heterocycles. The molecule has 2 heterocycles. The molecule has 0 atom stereocenters. The first-order valence-corrected chi connectivity index (χ1v) is 7.07. The monoisotopic (exact) mass is 280 g/mol. The molecule has 21 heavy (non-hydrogen) atoms. The standard InChI is InChI=1S/C16H16N4O/c17-10-13-3-5-14(6-4-13)12-20-16(21)9-15(11-18-20)19-7-1-2-8-19/h3-6,9,11H,1-2,7-8,12H2. The summed E-state index contributed by atoms with van der Waals surface area (Å²) in [6, 6.07) is 10.9. The van der Waals surface area contributed by atoms with E-state index in [1.165, 1.54) is 17.5 Å². The molecule has 0 radical (unpaired) electrons. The van der Waals surface area contributed by atoms with Crippen LogP contribution < -0.4 is 10.5 Å². The van der Waals surface area contributed by atoms with Gasteiger partial charge in [-0.2, -0.15) is 10.4 Å². The van der Waals surface area contributed by atoms with Crippen LogP contribution in [-0.4, -0.2) is 22.9 Å². The van der Waals surface area contributed by atoms with Gasteiger partial charge in [-0.25, -0.2) is 4.68 Å². The second-order valence-electron chi connectivity index (χ2n) is 5.21. The van der Waals surface area contributed by atoms with Gasteiger partial charge in [0.15, 0.2) is 0 Å². The molecule has 0 N–H and O–H groups in total. The zero-order valence-corrected chi connectivity index (χ0v) is 11.7. The minimum atomic E-state index is -0.0937. The molecule has 106 valence electrons. The van der Waals surface area contributed by atoms with E-state index in [9.17, 15) is 4.79 Å². The molecule has 1 aliphatic heterocycles. The van der Waals surface area contributed by atoms with Crippen molar-refractivity contribution in [1.82, 2.24) is 9.78 Å². The highest BCUT2D eigenvalue weighted by Gasteiger charge is 2.13. The quantitative estimate of drug-likeness (QED) is 0.859. The Morgan fingerprint density at radius 2 is 1.90 bits per heavy atom. The third-order valence-corrected chi connectivity index (χ3v) is 3.74. The van der Waals surface area contributed by atoms with Gasteiger partial charge in [-0.05, 0) is 30.5 Å². The van der Waals surface area contributed by atoms with Gasteiger partial charge >= 0.3 is 0 Å². The Kier molecular flexibility index (Phi) is 3.69. The molecule has 1 aromatic carbocycles. The van der Waals surface area contributed by atoms with Crippen molar-refractivity contribution in [3.8, 4) is 6.07 Å². The molecule has 0 bridgehead atoms. The Balaban J connectivity index is 1.79. The van der Waals surface area contributed by atoms with Gasteiger partial charge in [0, 0.05) is 19.2 Å². The lowest BCUT2D eigenvalue weighted by molar-refractivity contribution is 0.637. The molecular formula is C16H16N4O. The Hall–Kier alpha value is -2.61. The van der Waals surface area contributed by atoms with Crippen molar-refractivity contribution in [2.24, 2.45) is 0 Å². The zero-order chi connectivity index (χ0) is 14.7. The molecule has 0 amide bonds. The number of benzene rings is 1. The molecule has 3 rings (SSSR count). The molecule has 0 saturated carbocycles. The fraction of sp³-hybridized carbons (Fsp3) is 0.312. The van der Waals surface area contributed by atoms with Gasteiger partial charge in [0.2, 0.25) is 0 Å². The number of aromatic nitrogens is 2.